The summed E-state index contributed by atoms with van der Waals surface area (Å²) in [6.07, 6.45) is 5.32. The first-order valence-corrected chi connectivity index (χ1v) is 10.3. The third-order valence-electron chi connectivity index (χ3n) is 7.07. The molecule has 2 fully saturated rings. The molecule has 0 aliphatic heterocycles. The predicted octanol–water partition coefficient (Wildman–Crippen LogP) is 5.78. The van der Waals surface area contributed by atoms with E-state index >= 15 is 0 Å². The van der Waals surface area contributed by atoms with E-state index in [4.69, 9.17) is 4.74 Å². The summed E-state index contributed by atoms with van der Waals surface area (Å²) in [4.78, 5) is 12.5. The molecule has 0 heterocycles. The Balaban J connectivity index is 0.000000880. The highest BCUT2D eigenvalue weighted by Crippen LogP contribution is 2.60. The number of hydrogen-bond acceptors (Lipinski definition) is 2. The molecular formula is C23H34O2. The number of hydrogen-bond donors (Lipinski definition) is 0. The second-order valence-electron chi connectivity index (χ2n) is 8.18. The third-order valence-corrected chi connectivity index (χ3v) is 7.07. The first-order chi connectivity index (χ1) is 12.0. The summed E-state index contributed by atoms with van der Waals surface area (Å²) in [5.41, 5.74) is 2.99. The van der Waals surface area contributed by atoms with Gasteiger partial charge in [0.1, 0.15) is 11.5 Å². The van der Waals surface area contributed by atoms with Gasteiger partial charge in [-0.2, -0.15) is 0 Å². The molecular weight excluding hydrogens is 308 g/mol. The summed E-state index contributed by atoms with van der Waals surface area (Å²) in [6.45, 7) is 11.4. The molecule has 0 radical (unpaired) electrons. The Hall–Kier alpha value is -1.31. The van der Waals surface area contributed by atoms with Gasteiger partial charge in [0, 0.05) is 11.8 Å². The largest absolute Gasteiger partial charge is 0.494 e. The number of carbonyl (C=O) groups is 1. The van der Waals surface area contributed by atoms with Crippen LogP contribution in [0.2, 0.25) is 0 Å². The topological polar surface area (TPSA) is 26.3 Å². The molecule has 0 aromatic heterocycles. The number of rotatable bonds is 2. The van der Waals surface area contributed by atoms with Crippen LogP contribution in [0, 0.1) is 23.2 Å². The molecule has 2 saturated carbocycles. The summed E-state index contributed by atoms with van der Waals surface area (Å²) in [6, 6.07) is 6.71. The lowest BCUT2D eigenvalue weighted by Crippen LogP contribution is -2.45. The van der Waals surface area contributed by atoms with Gasteiger partial charge in [0.2, 0.25) is 0 Å². The second kappa shape index (κ2) is 7.13. The molecule has 2 heteroatoms. The van der Waals surface area contributed by atoms with Crippen LogP contribution in [0.4, 0.5) is 0 Å². The standard InChI is InChI=1S/C21H28O2.C2H6/c1-4-23-15-5-6-16-14(12-15)11-13(2)20-17(16)9-10-21(3)18(20)7-8-19(21)22;1-2/h5-6,12-13,17-18,20H,4,7-11H2,1-3H3;1-2H3/t13-,17?,18?,20?,21?;/m1./s1. The van der Waals surface area contributed by atoms with Crippen LogP contribution in [0.25, 0.3) is 0 Å². The molecule has 4 unspecified atom stereocenters. The molecule has 25 heavy (non-hydrogen) atoms. The van der Waals surface area contributed by atoms with Crippen molar-refractivity contribution in [1.82, 2.24) is 0 Å². The maximum atomic E-state index is 12.5. The zero-order valence-electron chi connectivity index (χ0n) is 16.6. The highest BCUT2D eigenvalue weighted by atomic mass is 16.5. The lowest BCUT2D eigenvalue weighted by molar-refractivity contribution is -0.129. The van der Waals surface area contributed by atoms with Crippen molar-refractivity contribution in [2.75, 3.05) is 6.61 Å². The smallest absolute Gasteiger partial charge is 0.139 e. The second-order valence-corrected chi connectivity index (χ2v) is 8.18. The summed E-state index contributed by atoms with van der Waals surface area (Å²) >= 11 is 0. The molecule has 138 valence electrons. The number of fused-ring (bicyclic) bond motifs is 5. The SMILES string of the molecule is CC.CCOc1ccc2c(c1)C[C@@H](C)C1C2CCC2(C)C(=O)CCC12. The first kappa shape index (κ1) is 18.5. The van der Waals surface area contributed by atoms with Gasteiger partial charge < -0.3 is 4.74 Å². The first-order valence-electron chi connectivity index (χ1n) is 10.3. The van der Waals surface area contributed by atoms with Crippen LogP contribution in [-0.4, -0.2) is 12.4 Å². The van der Waals surface area contributed by atoms with Crippen LogP contribution >= 0.6 is 0 Å². The van der Waals surface area contributed by atoms with Crippen LogP contribution < -0.4 is 4.74 Å². The Morgan fingerprint density at radius 2 is 2.00 bits per heavy atom. The molecule has 0 spiro atoms. The molecule has 2 nitrogen and oxygen atoms in total. The highest BCUT2D eigenvalue weighted by molar-refractivity contribution is 5.87. The fourth-order valence-corrected chi connectivity index (χ4v) is 5.98. The van der Waals surface area contributed by atoms with Crippen molar-refractivity contribution in [3.05, 3.63) is 29.3 Å². The Morgan fingerprint density at radius 3 is 2.72 bits per heavy atom. The van der Waals surface area contributed by atoms with Crippen LogP contribution in [0.1, 0.15) is 77.3 Å². The number of ketones is 1. The number of ether oxygens (including phenoxy) is 1. The lowest BCUT2D eigenvalue weighted by atomic mass is 9.53. The number of carbonyl (C=O) groups excluding carboxylic acids is 1. The summed E-state index contributed by atoms with van der Waals surface area (Å²) < 4.78 is 5.70. The van der Waals surface area contributed by atoms with E-state index in [0.717, 1.165) is 38.0 Å². The molecule has 3 aliphatic carbocycles. The fraction of sp³-hybridized carbons (Fsp3) is 0.696. The van der Waals surface area contributed by atoms with Gasteiger partial charge in [-0.25, -0.2) is 0 Å². The van der Waals surface area contributed by atoms with E-state index < -0.39 is 0 Å². The van der Waals surface area contributed by atoms with Crippen LogP contribution in [-0.2, 0) is 11.2 Å². The predicted molar refractivity (Wildman–Crippen MR) is 103 cm³/mol. The third kappa shape index (κ3) is 2.92. The maximum absolute atomic E-state index is 12.5. The summed E-state index contributed by atoms with van der Waals surface area (Å²) in [7, 11) is 0. The minimum atomic E-state index is -0.0296. The average Bonchev–Trinajstić information content (AvgIpc) is 2.92. The van der Waals surface area contributed by atoms with Crippen molar-refractivity contribution in [3.63, 3.8) is 0 Å². The van der Waals surface area contributed by atoms with Crippen LogP contribution in [0.3, 0.4) is 0 Å². The molecule has 5 atom stereocenters. The quantitative estimate of drug-likeness (QED) is 0.680. The van der Waals surface area contributed by atoms with E-state index in [2.05, 4.69) is 32.0 Å². The van der Waals surface area contributed by atoms with Crippen molar-refractivity contribution >= 4 is 5.78 Å². The van der Waals surface area contributed by atoms with Crippen LogP contribution in [0.5, 0.6) is 5.75 Å². The molecule has 4 rings (SSSR count). The Labute approximate surface area is 153 Å². The monoisotopic (exact) mass is 342 g/mol. The van der Waals surface area contributed by atoms with Gasteiger partial charge in [-0.05, 0) is 79.5 Å². The zero-order chi connectivity index (χ0) is 18.2. The molecule has 0 saturated heterocycles. The van der Waals surface area contributed by atoms with E-state index in [0.29, 0.717) is 29.5 Å². The number of benzene rings is 1. The minimum absolute atomic E-state index is 0.0296. The molecule has 0 bridgehead atoms. The average molecular weight is 343 g/mol. The van der Waals surface area contributed by atoms with Crippen molar-refractivity contribution in [1.29, 1.82) is 0 Å². The molecule has 0 amide bonds. The molecule has 1 aromatic carbocycles. The van der Waals surface area contributed by atoms with E-state index in [9.17, 15) is 4.79 Å². The Bertz CT molecular complexity index is 635. The summed E-state index contributed by atoms with van der Waals surface area (Å²) in [5.74, 6) is 4.14. The zero-order valence-corrected chi connectivity index (χ0v) is 16.6. The minimum Gasteiger partial charge on any atom is -0.494 e. The van der Waals surface area contributed by atoms with E-state index in [-0.39, 0.29) is 5.41 Å². The highest BCUT2D eigenvalue weighted by Gasteiger charge is 2.56. The molecule has 1 aromatic rings. The van der Waals surface area contributed by atoms with Crippen molar-refractivity contribution in [2.24, 2.45) is 23.2 Å². The van der Waals surface area contributed by atoms with E-state index in [1.165, 1.54) is 17.5 Å². The Morgan fingerprint density at radius 1 is 1.24 bits per heavy atom. The van der Waals surface area contributed by atoms with Gasteiger partial charge in [-0.15, -0.1) is 0 Å². The van der Waals surface area contributed by atoms with Gasteiger partial charge in [0.25, 0.3) is 0 Å². The van der Waals surface area contributed by atoms with Gasteiger partial charge in [0.15, 0.2) is 0 Å². The van der Waals surface area contributed by atoms with E-state index in [1.807, 2.05) is 20.8 Å². The van der Waals surface area contributed by atoms with E-state index in [1.54, 1.807) is 0 Å². The van der Waals surface area contributed by atoms with Gasteiger partial charge in [0.05, 0.1) is 6.61 Å². The fourth-order valence-electron chi connectivity index (χ4n) is 5.98. The van der Waals surface area contributed by atoms with Crippen molar-refractivity contribution in [3.8, 4) is 5.75 Å². The van der Waals surface area contributed by atoms with Gasteiger partial charge >= 0.3 is 0 Å². The Kier molecular flexibility index (Phi) is 5.27. The summed E-state index contributed by atoms with van der Waals surface area (Å²) in [5, 5.41) is 0. The maximum Gasteiger partial charge on any atom is 0.139 e. The van der Waals surface area contributed by atoms with Crippen molar-refractivity contribution in [2.45, 2.75) is 72.6 Å². The van der Waals surface area contributed by atoms with Gasteiger partial charge in [-0.1, -0.05) is 33.8 Å². The normalized spacial score (nSPS) is 35.8. The van der Waals surface area contributed by atoms with Crippen LogP contribution in [0.15, 0.2) is 18.2 Å². The van der Waals surface area contributed by atoms with Gasteiger partial charge in [-0.3, -0.25) is 4.79 Å². The molecule has 3 aliphatic rings. The number of Topliss-reactive ketones (excluding diaryl/α,β-unsaturated/α-hetero) is 1. The van der Waals surface area contributed by atoms with Crippen molar-refractivity contribution < 1.29 is 9.53 Å². The molecule has 0 N–H and O–H groups in total. The lowest BCUT2D eigenvalue weighted by Gasteiger charge is -2.51.